The number of ether oxygens (including phenoxy) is 2. The Hall–Kier alpha value is -3.77. The molecule has 1 amide bonds. The molecule has 188 valence electrons. The van der Waals surface area contributed by atoms with Crippen LogP contribution in [0.2, 0.25) is 0 Å². The van der Waals surface area contributed by atoms with E-state index in [9.17, 15) is 4.79 Å². The maximum atomic E-state index is 12.0. The van der Waals surface area contributed by atoms with Gasteiger partial charge in [-0.1, -0.05) is 44.4 Å². The van der Waals surface area contributed by atoms with E-state index in [1.807, 2.05) is 65.6 Å². The third-order valence-corrected chi connectivity index (χ3v) is 6.68. The summed E-state index contributed by atoms with van der Waals surface area (Å²) in [4.78, 5) is 13.9. The zero-order chi connectivity index (χ0) is 25.5. The van der Waals surface area contributed by atoms with E-state index in [-0.39, 0.29) is 11.9 Å². The van der Waals surface area contributed by atoms with Crippen LogP contribution in [0, 0.1) is 0 Å². The first kappa shape index (κ1) is 25.3. The van der Waals surface area contributed by atoms with Crippen LogP contribution in [0.4, 0.5) is 0 Å². The van der Waals surface area contributed by atoms with Crippen LogP contribution in [-0.4, -0.2) is 41.5 Å². The lowest BCUT2D eigenvalue weighted by Gasteiger charge is -2.38. The molecule has 6 nitrogen and oxygen atoms in total. The highest BCUT2D eigenvalue weighted by atomic mass is 16.5. The zero-order valence-corrected chi connectivity index (χ0v) is 21.2. The number of benzene rings is 2. The number of amides is 1. The number of allylic oxidation sites excluding steroid dienone is 3. The van der Waals surface area contributed by atoms with Crippen LogP contribution in [0.15, 0.2) is 103 Å². The summed E-state index contributed by atoms with van der Waals surface area (Å²) in [7, 11) is 0. The van der Waals surface area contributed by atoms with Crippen LogP contribution in [0.3, 0.4) is 0 Å². The first-order chi connectivity index (χ1) is 17.5. The van der Waals surface area contributed by atoms with Gasteiger partial charge in [-0.3, -0.25) is 4.79 Å². The van der Waals surface area contributed by atoms with Crippen molar-refractivity contribution < 1.29 is 14.3 Å². The molecular formula is C30H35N3O3. The van der Waals surface area contributed by atoms with Crippen LogP contribution in [0.1, 0.15) is 33.1 Å². The van der Waals surface area contributed by atoms with E-state index in [4.69, 9.17) is 9.47 Å². The molecule has 2 fully saturated rings. The molecule has 6 heteroatoms. The highest BCUT2D eigenvalue weighted by molar-refractivity contribution is 5.87. The topological polar surface area (TPSA) is 54.0 Å². The normalized spacial score (nSPS) is 19.1. The Morgan fingerprint density at radius 3 is 2.25 bits per heavy atom. The highest BCUT2D eigenvalue weighted by Crippen LogP contribution is 2.34. The summed E-state index contributed by atoms with van der Waals surface area (Å²) < 4.78 is 12.4. The Kier molecular flexibility index (Phi) is 8.28. The molecule has 1 N–H and O–H groups in total. The summed E-state index contributed by atoms with van der Waals surface area (Å²) in [5.74, 6) is 3.21. The van der Waals surface area contributed by atoms with Gasteiger partial charge >= 0.3 is 0 Å². The van der Waals surface area contributed by atoms with E-state index in [2.05, 4.69) is 37.4 Å². The number of carbonyl (C=O) groups excluding carboxylic acids is 1. The third kappa shape index (κ3) is 5.71. The lowest BCUT2D eigenvalue weighted by Crippen LogP contribution is -2.48. The minimum Gasteiger partial charge on any atom is -0.460 e. The summed E-state index contributed by atoms with van der Waals surface area (Å²) in [5.41, 5.74) is 6.98. The van der Waals surface area contributed by atoms with Crippen LogP contribution < -0.4 is 14.9 Å². The van der Waals surface area contributed by atoms with E-state index in [1.54, 1.807) is 0 Å². The zero-order valence-electron chi connectivity index (χ0n) is 21.2. The fourth-order valence-corrected chi connectivity index (χ4v) is 4.64. The van der Waals surface area contributed by atoms with Crippen molar-refractivity contribution in [2.24, 2.45) is 0 Å². The van der Waals surface area contributed by atoms with Gasteiger partial charge in [0, 0.05) is 32.1 Å². The predicted octanol–water partition coefficient (Wildman–Crippen LogP) is 5.98. The van der Waals surface area contributed by atoms with Crippen LogP contribution >= 0.6 is 0 Å². The molecule has 0 unspecified atom stereocenters. The second kappa shape index (κ2) is 11.8. The Labute approximate surface area is 214 Å². The smallest absolute Gasteiger partial charge is 0.245 e. The van der Waals surface area contributed by atoms with Gasteiger partial charge in [0.05, 0.1) is 5.70 Å². The van der Waals surface area contributed by atoms with Gasteiger partial charge in [0.2, 0.25) is 5.91 Å². The van der Waals surface area contributed by atoms with Gasteiger partial charge in [-0.25, -0.2) is 5.43 Å². The van der Waals surface area contributed by atoms with Gasteiger partial charge in [0.25, 0.3) is 0 Å². The first-order valence-electron chi connectivity index (χ1n) is 12.5. The second-order valence-corrected chi connectivity index (χ2v) is 8.95. The number of piperidine rings is 1. The van der Waals surface area contributed by atoms with Gasteiger partial charge in [0.15, 0.2) is 0 Å². The maximum absolute atomic E-state index is 12.0. The molecule has 36 heavy (non-hydrogen) atoms. The average molecular weight is 486 g/mol. The number of para-hydroxylation sites is 1. The lowest BCUT2D eigenvalue weighted by molar-refractivity contribution is -0.127. The largest absolute Gasteiger partial charge is 0.460 e. The number of hydrazine groups is 1. The van der Waals surface area contributed by atoms with Gasteiger partial charge in [-0.15, -0.1) is 0 Å². The number of nitrogens with one attached hydrogen (secondary N) is 1. The molecule has 2 aromatic carbocycles. The molecule has 0 bridgehead atoms. The fourth-order valence-electron chi connectivity index (χ4n) is 4.64. The van der Waals surface area contributed by atoms with E-state index in [1.165, 1.54) is 11.6 Å². The highest BCUT2D eigenvalue weighted by Gasteiger charge is 2.35. The Morgan fingerprint density at radius 1 is 1.00 bits per heavy atom. The van der Waals surface area contributed by atoms with Crippen LogP contribution in [0.25, 0.3) is 0 Å². The van der Waals surface area contributed by atoms with Crippen molar-refractivity contribution in [2.75, 3.05) is 19.6 Å². The van der Waals surface area contributed by atoms with E-state index in [0.29, 0.717) is 13.1 Å². The van der Waals surface area contributed by atoms with Gasteiger partial charge in [-0.05, 0) is 73.4 Å². The number of likely N-dealkylation sites (tertiary alicyclic amines) is 1. The van der Waals surface area contributed by atoms with E-state index < -0.39 is 0 Å². The Bertz CT molecular complexity index is 1140. The minimum absolute atomic E-state index is 0.000968. The van der Waals surface area contributed by atoms with Crippen molar-refractivity contribution in [3.63, 3.8) is 0 Å². The SMILES string of the molecule is C=CC(=O)N1CCC(N2NCC(=C(\C)C=C)/C2=C(\CC)Oc2ccc(Oc3ccccc3)cc2)CC1. The van der Waals surface area contributed by atoms with Crippen LogP contribution in [0.5, 0.6) is 17.2 Å². The molecule has 4 rings (SSSR count). The number of rotatable bonds is 8. The number of hydrogen-bond donors (Lipinski definition) is 1. The lowest BCUT2D eigenvalue weighted by atomic mass is 10.0. The molecule has 0 atom stereocenters. The standard InChI is InChI=1S/C30H35N3O3/c1-5-22(4)27-21-31-33(23-17-19-32(20-18-23)29(34)7-3)30(27)28(6-2)36-26-15-13-25(14-16-26)35-24-11-9-8-10-12-24/h5,7-16,23,31H,1,3,6,17-21H2,2,4H3/b27-22-,30-28-. The molecule has 2 aliphatic rings. The quantitative estimate of drug-likeness (QED) is 0.368. The summed E-state index contributed by atoms with van der Waals surface area (Å²) >= 11 is 0. The van der Waals surface area contributed by atoms with E-state index in [0.717, 1.165) is 60.1 Å². The molecule has 0 radical (unpaired) electrons. The van der Waals surface area contributed by atoms with Gasteiger partial charge in [0.1, 0.15) is 23.0 Å². The minimum atomic E-state index is -0.000968. The van der Waals surface area contributed by atoms with E-state index >= 15 is 0 Å². The third-order valence-electron chi connectivity index (χ3n) is 6.68. The summed E-state index contributed by atoms with van der Waals surface area (Å²) in [6, 6.07) is 17.7. The second-order valence-electron chi connectivity index (χ2n) is 8.95. The molecule has 0 spiro atoms. The molecule has 2 aliphatic heterocycles. The first-order valence-corrected chi connectivity index (χ1v) is 12.5. The summed E-state index contributed by atoms with van der Waals surface area (Å²) in [6.45, 7) is 14.0. The maximum Gasteiger partial charge on any atom is 0.245 e. The average Bonchev–Trinajstić information content (AvgIpc) is 3.37. The molecule has 0 aromatic heterocycles. The monoisotopic (exact) mass is 485 g/mol. The van der Waals surface area contributed by atoms with Crippen molar-refractivity contribution in [3.8, 4) is 17.2 Å². The van der Waals surface area contributed by atoms with Gasteiger partial charge in [-0.2, -0.15) is 0 Å². The Morgan fingerprint density at radius 2 is 1.64 bits per heavy atom. The van der Waals surface area contributed by atoms with Crippen molar-refractivity contribution in [1.82, 2.24) is 15.3 Å². The fraction of sp³-hybridized carbons (Fsp3) is 0.300. The number of nitrogens with zero attached hydrogens (tertiary/aromatic N) is 2. The molecule has 0 saturated carbocycles. The van der Waals surface area contributed by atoms with Gasteiger partial charge < -0.3 is 19.4 Å². The van der Waals surface area contributed by atoms with Crippen molar-refractivity contribution in [3.05, 3.63) is 103 Å². The number of carbonyl (C=O) groups is 1. The predicted molar refractivity (Wildman–Crippen MR) is 143 cm³/mol. The number of hydrogen-bond acceptors (Lipinski definition) is 5. The summed E-state index contributed by atoms with van der Waals surface area (Å²) in [5, 5.41) is 2.25. The molecule has 0 aliphatic carbocycles. The Balaban J connectivity index is 1.56. The van der Waals surface area contributed by atoms with Crippen molar-refractivity contribution >= 4 is 5.91 Å². The molecular weight excluding hydrogens is 450 g/mol. The van der Waals surface area contributed by atoms with Crippen molar-refractivity contribution in [1.29, 1.82) is 0 Å². The molecule has 2 saturated heterocycles. The molecule has 2 heterocycles. The summed E-state index contributed by atoms with van der Waals surface area (Å²) in [6.07, 6.45) is 5.78. The van der Waals surface area contributed by atoms with Crippen molar-refractivity contribution in [2.45, 2.75) is 39.2 Å². The molecule has 2 aromatic rings. The van der Waals surface area contributed by atoms with Crippen LogP contribution in [-0.2, 0) is 4.79 Å².